The van der Waals surface area contributed by atoms with E-state index in [1.807, 2.05) is 0 Å². The molecule has 30 heavy (non-hydrogen) atoms. The summed E-state index contributed by atoms with van der Waals surface area (Å²) < 4.78 is 0. The minimum atomic E-state index is -0.272. The van der Waals surface area contributed by atoms with Crippen molar-refractivity contribution >= 4 is 46.4 Å². The van der Waals surface area contributed by atoms with Crippen molar-refractivity contribution in [2.24, 2.45) is 11.8 Å². The molecule has 3 aliphatic heterocycles. The molecular formula is C23H27Cl2N3OS. The van der Waals surface area contributed by atoms with Crippen LogP contribution in [0.1, 0.15) is 48.9 Å². The Kier molecular flexibility index (Phi) is 5.82. The first kappa shape index (κ1) is 20.7. The highest BCUT2D eigenvalue weighted by atomic mass is 35.5. The predicted octanol–water partition coefficient (Wildman–Crippen LogP) is 4.90. The van der Waals surface area contributed by atoms with Gasteiger partial charge in [0.25, 0.3) is 5.91 Å². The lowest BCUT2D eigenvalue weighted by Crippen LogP contribution is -2.61. The van der Waals surface area contributed by atoms with Crippen LogP contribution in [0.2, 0.25) is 10.0 Å². The zero-order valence-electron chi connectivity index (χ0n) is 16.9. The van der Waals surface area contributed by atoms with Crippen molar-refractivity contribution in [2.45, 2.75) is 50.6 Å². The number of carbonyl (C=O) groups excluding carboxylic acids is 1. The number of nitrogens with zero attached hydrogens (tertiary/aromatic N) is 2. The van der Waals surface area contributed by atoms with Crippen molar-refractivity contribution in [3.63, 3.8) is 0 Å². The number of thiocarbonyl (C=S) groups is 1. The lowest BCUT2D eigenvalue weighted by molar-refractivity contribution is 0.0127. The number of nitrogens with one attached hydrogen (secondary N) is 1. The number of hydrogen-bond acceptors (Lipinski definition) is 3. The zero-order chi connectivity index (χ0) is 20.8. The fourth-order valence-corrected chi connectivity index (χ4v) is 6.90. The van der Waals surface area contributed by atoms with E-state index < -0.39 is 0 Å². The summed E-state index contributed by atoms with van der Waals surface area (Å²) >= 11 is 17.9. The van der Waals surface area contributed by atoms with Gasteiger partial charge in [-0.05, 0) is 80.9 Å². The van der Waals surface area contributed by atoms with Crippen molar-refractivity contribution in [3.8, 4) is 0 Å². The molecule has 7 heteroatoms. The van der Waals surface area contributed by atoms with Gasteiger partial charge in [0.2, 0.25) is 0 Å². The molecule has 4 atom stereocenters. The van der Waals surface area contributed by atoms with Crippen LogP contribution in [0.25, 0.3) is 0 Å². The van der Waals surface area contributed by atoms with Gasteiger partial charge in [0.05, 0.1) is 16.6 Å². The molecule has 4 aliphatic rings. The maximum absolute atomic E-state index is 12.8. The highest BCUT2D eigenvalue weighted by Gasteiger charge is 2.46. The van der Waals surface area contributed by atoms with Crippen LogP contribution in [-0.4, -0.2) is 52.5 Å². The maximum Gasteiger partial charge on any atom is 0.258 e. The van der Waals surface area contributed by atoms with E-state index in [0.717, 1.165) is 32.0 Å². The molecular weight excluding hydrogens is 437 g/mol. The smallest absolute Gasteiger partial charge is 0.258 e. The van der Waals surface area contributed by atoms with E-state index >= 15 is 0 Å². The van der Waals surface area contributed by atoms with E-state index in [4.69, 9.17) is 35.4 Å². The molecule has 1 amide bonds. The topological polar surface area (TPSA) is 35.6 Å². The minimum Gasteiger partial charge on any atom is -0.342 e. The van der Waals surface area contributed by atoms with Gasteiger partial charge < -0.3 is 4.90 Å². The first-order valence-electron chi connectivity index (χ1n) is 11.0. The molecule has 0 spiro atoms. The van der Waals surface area contributed by atoms with E-state index in [1.54, 1.807) is 18.2 Å². The summed E-state index contributed by atoms with van der Waals surface area (Å²) in [5.74, 6) is 0.996. The van der Waals surface area contributed by atoms with E-state index in [9.17, 15) is 4.79 Å². The van der Waals surface area contributed by atoms with Gasteiger partial charge in [0.1, 0.15) is 0 Å². The molecule has 0 saturated carbocycles. The number of carbonyl (C=O) groups is 1. The minimum absolute atomic E-state index is 0.272. The Morgan fingerprint density at radius 1 is 1.17 bits per heavy atom. The standard InChI is InChI=1S/C23H27Cl2N3OS/c24-17-6-7-18(19(25)12-17)22(29)26-23(30)28-9-3-4-14-10-15-11-16(21(14)28)13-27-8-2-1-5-20(15)27/h6-7,10,12,15-16,20-21H,1-5,8-9,11,13H2,(H,26,29,30). The first-order chi connectivity index (χ1) is 14.5. The molecule has 0 radical (unpaired) electrons. The molecule has 4 nitrogen and oxygen atoms in total. The lowest BCUT2D eigenvalue weighted by Gasteiger charge is -2.55. The third-order valence-electron chi connectivity index (χ3n) is 7.31. The van der Waals surface area contributed by atoms with Crippen molar-refractivity contribution in [1.29, 1.82) is 0 Å². The van der Waals surface area contributed by atoms with Crippen LogP contribution in [0.15, 0.2) is 29.8 Å². The summed E-state index contributed by atoms with van der Waals surface area (Å²) in [7, 11) is 0. The fourth-order valence-electron chi connectivity index (χ4n) is 6.11. The van der Waals surface area contributed by atoms with E-state index in [-0.39, 0.29) is 5.91 Å². The van der Waals surface area contributed by atoms with Crippen molar-refractivity contribution < 1.29 is 4.79 Å². The summed E-state index contributed by atoms with van der Waals surface area (Å²) in [6.07, 6.45) is 10.1. The Balaban J connectivity index is 1.35. The number of piperidine rings is 3. The highest BCUT2D eigenvalue weighted by Crippen LogP contribution is 2.45. The van der Waals surface area contributed by atoms with Gasteiger partial charge in [0, 0.05) is 24.2 Å². The third-order valence-corrected chi connectivity index (χ3v) is 8.20. The Labute approximate surface area is 193 Å². The molecule has 3 heterocycles. The number of halogens is 2. The summed E-state index contributed by atoms with van der Waals surface area (Å²) in [5, 5.41) is 4.30. The molecule has 1 N–H and O–H groups in total. The second kappa shape index (κ2) is 8.42. The van der Waals surface area contributed by atoms with E-state index in [0.29, 0.717) is 38.6 Å². The van der Waals surface area contributed by atoms with Gasteiger partial charge in [-0.25, -0.2) is 0 Å². The maximum atomic E-state index is 12.8. The Morgan fingerprint density at radius 3 is 2.87 bits per heavy atom. The SMILES string of the molecule is O=C(NC(=S)N1CCCC2=CC3CC(CN4CCCCC34)C21)c1ccc(Cl)cc1Cl. The molecule has 1 aromatic rings. The predicted molar refractivity (Wildman–Crippen MR) is 125 cm³/mol. The van der Waals surface area contributed by atoms with Gasteiger partial charge in [0.15, 0.2) is 5.11 Å². The number of likely N-dealkylation sites (tertiary alicyclic amines) is 1. The number of rotatable bonds is 1. The molecule has 1 aliphatic carbocycles. The van der Waals surface area contributed by atoms with Gasteiger partial charge in [-0.2, -0.15) is 0 Å². The van der Waals surface area contributed by atoms with Gasteiger partial charge in [-0.1, -0.05) is 41.3 Å². The van der Waals surface area contributed by atoms with Crippen LogP contribution in [0.5, 0.6) is 0 Å². The van der Waals surface area contributed by atoms with Gasteiger partial charge in [-0.3, -0.25) is 15.0 Å². The molecule has 3 fully saturated rings. The Morgan fingerprint density at radius 2 is 2.03 bits per heavy atom. The molecule has 0 aromatic heterocycles. The van der Waals surface area contributed by atoms with E-state index in [1.165, 1.54) is 37.8 Å². The van der Waals surface area contributed by atoms with Crippen LogP contribution in [-0.2, 0) is 0 Å². The number of fused-ring (bicyclic) bond motifs is 6. The van der Waals surface area contributed by atoms with Crippen molar-refractivity contribution in [1.82, 2.24) is 15.1 Å². The second-order valence-electron chi connectivity index (χ2n) is 9.08. The molecule has 1 aromatic carbocycles. The number of hydrogen-bond donors (Lipinski definition) is 1. The van der Waals surface area contributed by atoms with Crippen LogP contribution < -0.4 is 5.32 Å². The summed E-state index contributed by atoms with van der Waals surface area (Å²) in [6.45, 7) is 3.27. The van der Waals surface area contributed by atoms with Crippen LogP contribution >= 0.6 is 35.4 Å². The van der Waals surface area contributed by atoms with Gasteiger partial charge >= 0.3 is 0 Å². The van der Waals surface area contributed by atoms with E-state index in [2.05, 4.69) is 21.2 Å². The lowest BCUT2D eigenvalue weighted by atomic mass is 9.68. The van der Waals surface area contributed by atoms with Crippen LogP contribution in [0.3, 0.4) is 0 Å². The fraction of sp³-hybridized carbons (Fsp3) is 0.565. The molecule has 160 valence electrons. The van der Waals surface area contributed by atoms with Crippen molar-refractivity contribution in [3.05, 3.63) is 45.5 Å². The van der Waals surface area contributed by atoms with Crippen molar-refractivity contribution in [2.75, 3.05) is 19.6 Å². The van der Waals surface area contributed by atoms with Gasteiger partial charge in [-0.15, -0.1) is 0 Å². The third kappa shape index (κ3) is 3.79. The number of amides is 1. The molecule has 5 rings (SSSR count). The summed E-state index contributed by atoms with van der Waals surface area (Å²) in [5.41, 5.74) is 1.93. The Bertz CT molecular complexity index is 904. The van der Waals surface area contributed by atoms with Crippen LogP contribution in [0, 0.1) is 11.8 Å². The largest absolute Gasteiger partial charge is 0.342 e. The quantitative estimate of drug-likeness (QED) is 0.474. The monoisotopic (exact) mass is 463 g/mol. The first-order valence-corrected chi connectivity index (χ1v) is 12.2. The second-order valence-corrected chi connectivity index (χ2v) is 10.3. The average molecular weight is 464 g/mol. The average Bonchev–Trinajstić information content (AvgIpc) is 2.73. The van der Waals surface area contributed by atoms with Crippen LogP contribution in [0.4, 0.5) is 0 Å². The summed E-state index contributed by atoms with van der Waals surface area (Å²) in [6, 6.07) is 5.95. The molecule has 4 unspecified atom stereocenters. The molecule has 2 bridgehead atoms. The molecule has 3 saturated heterocycles. The highest BCUT2D eigenvalue weighted by molar-refractivity contribution is 7.80. The zero-order valence-corrected chi connectivity index (χ0v) is 19.3. The Hall–Kier alpha value is -1.14. The summed E-state index contributed by atoms with van der Waals surface area (Å²) in [4.78, 5) is 17.8. The normalized spacial score (nSPS) is 30.7. The number of benzene rings is 1.